The zero-order valence-electron chi connectivity index (χ0n) is 17.5. The number of rotatable bonds is 7. The maximum atomic E-state index is 13.1. The second-order valence-corrected chi connectivity index (χ2v) is 7.40. The van der Waals surface area contributed by atoms with E-state index in [4.69, 9.17) is 0 Å². The van der Waals surface area contributed by atoms with Crippen molar-refractivity contribution in [1.29, 1.82) is 0 Å². The molecule has 1 N–H and O–H groups in total. The van der Waals surface area contributed by atoms with E-state index in [9.17, 15) is 14.4 Å². The Labute approximate surface area is 168 Å². The van der Waals surface area contributed by atoms with E-state index in [1.165, 1.54) is 0 Å². The van der Waals surface area contributed by atoms with Gasteiger partial charge in [-0.3, -0.25) is 14.4 Å². The van der Waals surface area contributed by atoms with Crippen LogP contribution >= 0.6 is 0 Å². The number of aryl methyl sites for hydroxylation is 1. The summed E-state index contributed by atoms with van der Waals surface area (Å²) in [5.74, 6) is -0.0829. The highest BCUT2D eigenvalue weighted by molar-refractivity contribution is 5.97. The van der Waals surface area contributed by atoms with Crippen LogP contribution in [0, 0.1) is 12.8 Å². The zero-order chi connectivity index (χ0) is 20.7. The third-order valence-corrected chi connectivity index (χ3v) is 5.61. The molecule has 0 bridgehead atoms. The number of likely N-dealkylation sites (tertiary alicyclic amines) is 1. The Morgan fingerprint density at radius 2 is 1.64 bits per heavy atom. The fourth-order valence-corrected chi connectivity index (χ4v) is 3.75. The third kappa shape index (κ3) is 5.33. The number of carbonyl (C=O) groups is 3. The fraction of sp³-hybridized carbons (Fsp3) is 0.591. The van der Waals surface area contributed by atoms with Crippen LogP contribution in [0.3, 0.4) is 0 Å². The maximum absolute atomic E-state index is 13.1. The first-order valence-corrected chi connectivity index (χ1v) is 10.3. The van der Waals surface area contributed by atoms with Gasteiger partial charge in [0.15, 0.2) is 0 Å². The van der Waals surface area contributed by atoms with Gasteiger partial charge in [0, 0.05) is 38.2 Å². The van der Waals surface area contributed by atoms with E-state index in [-0.39, 0.29) is 23.6 Å². The van der Waals surface area contributed by atoms with E-state index >= 15 is 0 Å². The van der Waals surface area contributed by atoms with Crippen molar-refractivity contribution in [1.82, 2.24) is 15.1 Å². The third-order valence-electron chi connectivity index (χ3n) is 5.61. The van der Waals surface area contributed by atoms with Crippen molar-refractivity contribution in [2.24, 2.45) is 5.92 Å². The lowest BCUT2D eigenvalue weighted by Crippen LogP contribution is -2.54. The number of nitrogens with zero attached hydrogens (tertiary/aromatic N) is 2. The number of benzene rings is 1. The molecule has 0 radical (unpaired) electrons. The van der Waals surface area contributed by atoms with Gasteiger partial charge in [-0.15, -0.1) is 0 Å². The lowest BCUT2D eigenvalue weighted by molar-refractivity contribution is -0.135. The number of piperidine rings is 1. The van der Waals surface area contributed by atoms with Gasteiger partial charge in [-0.2, -0.15) is 0 Å². The first-order chi connectivity index (χ1) is 13.4. The highest BCUT2D eigenvalue weighted by atomic mass is 16.2. The van der Waals surface area contributed by atoms with Crippen molar-refractivity contribution in [3.8, 4) is 0 Å². The molecule has 1 aromatic rings. The van der Waals surface area contributed by atoms with Gasteiger partial charge in [-0.25, -0.2) is 0 Å². The van der Waals surface area contributed by atoms with E-state index in [0.717, 1.165) is 18.4 Å². The topological polar surface area (TPSA) is 69.7 Å². The smallest absolute Gasteiger partial charge is 0.251 e. The first-order valence-electron chi connectivity index (χ1n) is 10.3. The molecule has 3 amide bonds. The summed E-state index contributed by atoms with van der Waals surface area (Å²) in [6.07, 6.45) is 1.94. The van der Waals surface area contributed by atoms with Crippen LogP contribution in [0.2, 0.25) is 0 Å². The molecule has 1 saturated heterocycles. The molecule has 1 aliphatic heterocycles. The number of nitrogens with one attached hydrogen (secondary N) is 1. The minimum atomic E-state index is -0.562. The van der Waals surface area contributed by atoms with Crippen molar-refractivity contribution < 1.29 is 14.4 Å². The van der Waals surface area contributed by atoms with E-state index in [2.05, 4.69) is 5.32 Å². The Balaban J connectivity index is 2.15. The second-order valence-electron chi connectivity index (χ2n) is 7.40. The Morgan fingerprint density at radius 3 is 2.14 bits per heavy atom. The predicted molar refractivity (Wildman–Crippen MR) is 110 cm³/mol. The molecule has 154 valence electrons. The van der Waals surface area contributed by atoms with Crippen molar-refractivity contribution in [2.45, 2.75) is 53.0 Å². The van der Waals surface area contributed by atoms with Crippen molar-refractivity contribution >= 4 is 17.7 Å². The summed E-state index contributed by atoms with van der Waals surface area (Å²) in [6.45, 7) is 10.2. The van der Waals surface area contributed by atoms with Crippen molar-refractivity contribution in [2.75, 3.05) is 26.2 Å². The number of carbonyl (C=O) groups excluding carboxylic acids is 3. The quantitative estimate of drug-likeness (QED) is 0.782. The average Bonchev–Trinajstić information content (AvgIpc) is 2.72. The van der Waals surface area contributed by atoms with E-state index < -0.39 is 6.04 Å². The van der Waals surface area contributed by atoms with Crippen LogP contribution in [0.1, 0.15) is 56.0 Å². The molecule has 1 heterocycles. The van der Waals surface area contributed by atoms with Gasteiger partial charge in [-0.1, -0.05) is 24.6 Å². The Kier molecular flexibility index (Phi) is 8.03. The van der Waals surface area contributed by atoms with Gasteiger partial charge in [0.2, 0.25) is 11.8 Å². The Hall–Kier alpha value is -2.37. The lowest BCUT2D eigenvalue weighted by Gasteiger charge is -2.37. The number of likely N-dealkylation sites (N-methyl/N-ethyl adjacent to an activating group) is 1. The second kappa shape index (κ2) is 10.2. The molecule has 0 saturated carbocycles. The molecular weight excluding hydrogens is 354 g/mol. The van der Waals surface area contributed by atoms with Crippen LogP contribution in [0.25, 0.3) is 0 Å². The van der Waals surface area contributed by atoms with Crippen LogP contribution < -0.4 is 5.32 Å². The molecule has 2 rings (SSSR count). The summed E-state index contributed by atoms with van der Waals surface area (Å²) in [7, 11) is 0. The molecule has 1 unspecified atom stereocenters. The van der Waals surface area contributed by atoms with Crippen LogP contribution in [0.4, 0.5) is 0 Å². The number of amides is 3. The molecular formula is C22H33N3O3. The summed E-state index contributed by atoms with van der Waals surface area (Å²) >= 11 is 0. The Bertz CT molecular complexity index is 675. The minimum absolute atomic E-state index is 0.0309. The molecule has 6 heteroatoms. The van der Waals surface area contributed by atoms with Crippen LogP contribution in [-0.2, 0) is 9.59 Å². The van der Waals surface area contributed by atoms with Gasteiger partial charge >= 0.3 is 0 Å². The summed E-state index contributed by atoms with van der Waals surface area (Å²) in [5.41, 5.74) is 1.64. The molecule has 1 aromatic carbocycles. The molecule has 28 heavy (non-hydrogen) atoms. The van der Waals surface area contributed by atoms with E-state index in [1.807, 2.05) is 44.7 Å². The van der Waals surface area contributed by atoms with Crippen LogP contribution in [0.15, 0.2) is 24.3 Å². The summed E-state index contributed by atoms with van der Waals surface area (Å²) in [6, 6.07) is 6.79. The summed E-state index contributed by atoms with van der Waals surface area (Å²) < 4.78 is 0. The molecule has 0 spiro atoms. The molecule has 0 aliphatic carbocycles. The monoisotopic (exact) mass is 387 g/mol. The molecule has 0 aromatic heterocycles. The molecule has 1 fully saturated rings. The molecule has 6 nitrogen and oxygen atoms in total. The van der Waals surface area contributed by atoms with Gasteiger partial charge < -0.3 is 15.1 Å². The van der Waals surface area contributed by atoms with Gasteiger partial charge in [0.1, 0.15) is 6.04 Å². The largest absolute Gasteiger partial charge is 0.343 e. The summed E-state index contributed by atoms with van der Waals surface area (Å²) in [5, 5.41) is 3.00. The average molecular weight is 388 g/mol. The highest BCUT2D eigenvalue weighted by Gasteiger charge is 2.35. The van der Waals surface area contributed by atoms with E-state index in [0.29, 0.717) is 38.2 Å². The summed E-state index contributed by atoms with van der Waals surface area (Å²) in [4.78, 5) is 41.5. The molecule has 1 atom stereocenters. The standard InChI is InChI=1S/C22H33N3O3/c1-5-19(26)25-14-12-17(13-15-25)20(22(28)24(6-2)7-3)23-21(27)18-10-8-16(4)9-11-18/h8-11,17,20H,5-7,12-15H2,1-4H3,(H,23,27). The van der Waals surface area contributed by atoms with Crippen LogP contribution in [-0.4, -0.2) is 59.7 Å². The van der Waals surface area contributed by atoms with Gasteiger partial charge in [-0.05, 0) is 51.7 Å². The number of hydrogen-bond acceptors (Lipinski definition) is 3. The number of hydrogen-bond donors (Lipinski definition) is 1. The predicted octanol–water partition coefficient (Wildman–Crippen LogP) is 2.61. The van der Waals surface area contributed by atoms with Crippen LogP contribution in [0.5, 0.6) is 0 Å². The minimum Gasteiger partial charge on any atom is -0.343 e. The van der Waals surface area contributed by atoms with E-state index in [1.54, 1.807) is 17.0 Å². The normalized spacial score (nSPS) is 15.8. The Morgan fingerprint density at radius 1 is 1.07 bits per heavy atom. The highest BCUT2D eigenvalue weighted by Crippen LogP contribution is 2.23. The van der Waals surface area contributed by atoms with Crippen molar-refractivity contribution in [3.05, 3.63) is 35.4 Å². The SMILES string of the molecule is CCC(=O)N1CCC(C(NC(=O)c2ccc(C)cc2)C(=O)N(CC)CC)CC1. The fourth-order valence-electron chi connectivity index (χ4n) is 3.75. The lowest BCUT2D eigenvalue weighted by atomic mass is 9.88. The maximum Gasteiger partial charge on any atom is 0.251 e. The zero-order valence-corrected chi connectivity index (χ0v) is 17.5. The van der Waals surface area contributed by atoms with Crippen molar-refractivity contribution in [3.63, 3.8) is 0 Å². The van der Waals surface area contributed by atoms with Gasteiger partial charge in [0.25, 0.3) is 5.91 Å². The first kappa shape index (κ1) is 21.9. The van der Waals surface area contributed by atoms with Gasteiger partial charge in [0.05, 0.1) is 0 Å². The molecule has 1 aliphatic rings.